The van der Waals surface area contributed by atoms with E-state index in [1.807, 2.05) is 41.6 Å². The lowest BCUT2D eigenvalue weighted by Crippen LogP contribution is -2.49. The number of ether oxygens (including phenoxy) is 1. The van der Waals surface area contributed by atoms with Crippen LogP contribution in [0.25, 0.3) is 0 Å². The van der Waals surface area contributed by atoms with E-state index in [-0.39, 0.29) is 42.9 Å². The van der Waals surface area contributed by atoms with Gasteiger partial charge in [0.05, 0.1) is 10.9 Å². The van der Waals surface area contributed by atoms with E-state index in [0.717, 1.165) is 18.4 Å². The molecule has 4 rings (SSSR count). The Morgan fingerprint density at radius 2 is 1.97 bits per heavy atom. The summed E-state index contributed by atoms with van der Waals surface area (Å²) in [6.07, 6.45) is 1.55. The monoisotopic (exact) mass is 486 g/mol. The Morgan fingerprint density at radius 3 is 2.67 bits per heavy atom. The van der Waals surface area contributed by atoms with E-state index in [0.29, 0.717) is 17.2 Å². The molecule has 0 aliphatic carbocycles. The molecule has 0 bridgehead atoms. The highest BCUT2D eigenvalue weighted by Crippen LogP contribution is 2.34. The van der Waals surface area contributed by atoms with Crippen LogP contribution < -0.4 is 4.74 Å². The van der Waals surface area contributed by atoms with Gasteiger partial charge in [0, 0.05) is 17.5 Å². The normalized spacial score (nSPS) is 16.2. The van der Waals surface area contributed by atoms with Gasteiger partial charge in [-0.05, 0) is 72.5 Å². The van der Waals surface area contributed by atoms with Gasteiger partial charge in [0.1, 0.15) is 24.7 Å². The van der Waals surface area contributed by atoms with Crippen LogP contribution in [0.15, 0.2) is 53.2 Å². The topological polar surface area (TPSA) is 49.9 Å². The van der Waals surface area contributed by atoms with Crippen LogP contribution in [0.5, 0.6) is 5.75 Å². The van der Waals surface area contributed by atoms with Crippen molar-refractivity contribution in [2.45, 2.75) is 38.8 Å². The van der Waals surface area contributed by atoms with Gasteiger partial charge in [-0.25, -0.2) is 4.39 Å². The van der Waals surface area contributed by atoms with E-state index in [1.165, 1.54) is 28.3 Å². The first-order chi connectivity index (χ1) is 16.0. The molecule has 5 nitrogen and oxygen atoms in total. The summed E-state index contributed by atoms with van der Waals surface area (Å²) in [5.41, 5.74) is 1.08. The Bertz CT molecular complexity index is 1080. The van der Waals surface area contributed by atoms with Gasteiger partial charge in [-0.2, -0.15) is 0 Å². The Labute approximate surface area is 201 Å². The second-order valence-electron chi connectivity index (χ2n) is 8.08. The molecule has 3 heterocycles. The van der Waals surface area contributed by atoms with Gasteiger partial charge >= 0.3 is 0 Å². The van der Waals surface area contributed by atoms with Crippen molar-refractivity contribution in [3.63, 3.8) is 0 Å². The Morgan fingerprint density at radius 1 is 1.18 bits per heavy atom. The first kappa shape index (κ1) is 23.4. The fraction of sp³-hybridized carbons (Fsp3) is 0.360. The van der Waals surface area contributed by atoms with Crippen molar-refractivity contribution in [2.75, 3.05) is 19.7 Å². The van der Waals surface area contributed by atoms with Gasteiger partial charge in [0.25, 0.3) is 5.91 Å². The number of rotatable bonds is 8. The van der Waals surface area contributed by atoms with E-state index in [1.54, 1.807) is 34.4 Å². The van der Waals surface area contributed by atoms with E-state index in [9.17, 15) is 14.0 Å². The predicted octanol–water partition coefficient (Wildman–Crippen LogP) is 5.39. The average Bonchev–Trinajstić information content (AvgIpc) is 3.53. The third-order valence-electron chi connectivity index (χ3n) is 6.06. The SMILES string of the molecule is CC[C@H](C)N(CC(=O)N1CCc2sccc2[C@@H]1COc1ccc(F)cc1)C(=O)c1cccs1. The molecule has 2 aromatic heterocycles. The molecule has 8 heteroatoms. The highest BCUT2D eigenvalue weighted by Gasteiger charge is 2.34. The fourth-order valence-corrected chi connectivity index (χ4v) is 5.61. The summed E-state index contributed by atoms with van der Waals surface area (Å²) < 4.78 is 19.2. The number of thiophene rings is 2. The summed E-state index contributed by atoms with van der Waals surface area (Å²) in [6, 6.07) is 11.3. The Hall–Kier alpha value is -2.71. The minimum absolute atomic E-state index is 0.0261. The van der Waals surface area contributed by atoms with Crippen molar-refractivity contribution in [1.29, 1.82) is 0 Å². The van der Waals surface area contributed by atoms with E-state index < -0.39 is 0 Å². The van der Waals surface area contributed by atoms with Gasteiger partial charge in [-0.15, -0.1) is 22.7 Å². The number of carbonyl (C=O) groups is 2. The number of amides is 2. The number of hydrogen-bond acceptors (Lipinski definition) is 5. The van der Waals surface area contributed by atoms with E-state index >= 15 is 0 Å². The summed E-state index contributed by atoms with van der Waals surface area (Å²) in [6.45, 7) is 4.86. The highest BCUT2D eigenvalue weighted by molar-refractivity contribution is 7.12. The van der Waals surface area contributed by atoms with Crippen molar-refractivity contribution in [2.24, 2.45) is 0 Å². The first-order valence-corrected chi connectivity index (χ1v) is 12.8. The maximum atomic E-state index is 13.5. The molecule has 1 aliphatic rings. The van der Waals surface area contributed by atoms with Gasteiger partial charge in [-0.1, -0.05) is 13.0 Å². The third-order valence-corrected chi connectivity index (χ3v) is 7.91. The second-order valence-corrected chi connectivity index (χ2v) is 10.0. The molecule has 1 aliphatic heterocycles. The van der Waals surface area contributed by atoms with Crippen molar-refractivity contribution in [3.05, 3.63) is 74.4 Å². The summed E-state index contributed by atoms with van der Waals surface area (Å²) in [4.78, 5) is 32.0. The number of halogens is 1. The molecule has 2 amide bonds. The lowest BCUT2D eigenvalue weighted by Gasteiger charge is -2.38. The maximum Gasteiger partial charge on any atom is 0.264 e. The molecule has 0 unspecified atom stereocenters. The molecule has 0 radical (unpaired) electrons. The number of carbonyl (C=O) groups excluding carboxylic acids is 2. The molecule has 0 spiro atoms. The molecule has 174 valence electrons. The van der Waals surface area contributed by atoms with Crippen LogP contribution in [0.3, 0.4) is 0 Å². The quantitative estimate of drug-likeness (QED) is 0.429. The van der Waals surface area contributed by atoms with Crippen LogP contribution in [0.2, 0.25) is 0 Å². The first-order valence-electron chi connectivity index (χ1n) is 11.1. The summed E-state index contributed by atoms with van der Waals surface area (Å²) >= 11 is 3.07. The molecule has 0 N–H and O–H groups in total. The standard InChI is InChI=1S/C25H27FN2O3S2/c1-3-17(2)28(25(30)23-5-4-13-32-23)15-24(29)27-12-10-22-20(11-14-33-22)21(27)16-31-19-8-6-18(26)7-9-19/h4-9,11,13-14,17,21H,3,10,12,15-16H2,1-2H3/t17-,21-/m0/s1. The van der Waals surface area contributed by atoms with Gasteiger partial charge in [-0.3, -0.25) is 9.59 Å². The minimum atomic E-state index is -0.322. The molecule has 1 aromatic carbocycles. The van der Waals surface area contributed by atoms with Crippen molar-refractivity contribution < 1.29 is 18.7 Å². The molecule has 0 saturated carbocycles. The number of hydrogen-bond donors (Lipinski definition) is 0. The molecule has 3 aromatic rings. The number of nitrogens with zero attached hydrogens (tertiary/aromatic N) is 2. The van der Waals surface area contributed by atoms with Crippen molar-refractivity contribution in [1.82, 2.24) is 9.80 Å². The molecule has 0 saturated heterocycles. The van der Waals surface area contributed by atoms with Crippen LogP contribution in [-0.4, -0.2) is 47.4 Å². The smallest absolute Gasteiger partial charge is 0.264 e. The zero-order valence-electron chi connectivity index (χ0n) is 18.7. The largest absolute Gasteiger partial charge is 0.491 e. The molecular weight excluding hydrogens is 459 g/mol. The zero-order chi connectivity index (χ0) is 23.4. The number of benzene rings is 1. The highest BCUT2D eigenvalue weighted by atomic mass is 32.1. The Balaban J connectivity index is 1.53. The molecule has 0 fully saturated rings. The zero-order valence-corrected chi connectivity index (χ0v) is 20.3. The second kappa shape index (κ2) is 10.5. The van der Waals surface area contributed by atoms with Crippen LogP contribution >= 0.6 is 22.7 Å². The van der Waals surface area contributed by atoms with Gasteiger partial charge < -0.3 is 14.5 Å². The van der Waals surface area contributed by atoms with Crippen LogP contribution in [-0.2, 0) is 11.2 Å². The lowest BCUT2D eigenvalue weighted by atomic mass is 10.00. The maximum absolute atomic E-state index is 13.5. The minimum Gasteiger partial charge on any atom is -0.491 e. The summed E-state index contributed by atoms with van der Waals surface area (Å²) in [7, 11) is 0. The van der Waals surface area contributed by atoms with Gasteiger partial charge in [0.15, 0.2) is 0 Å². The fourth-order valence-electron chi connectivity index (χ4n) is 4.01. The lowest BCUT2D eigenvalue weighted by molar-refractivity contribution is -0.136. The van der Waals surface area contributed by atoms with Crippen LogP contribution in [0.1, 0.15) is 46.4 Å². The van der Waals surface area contributed by atoms with Gasteiger partial charge in [0.2, 0.25) is 5.91 Å². The van der Waals surface area contributed by atoms with Crippen molar-refractivity contribution in [3.8, 4) is 5.75 Å². The van der Waals surface area contributed by atoms with Crippen LogP contribution in [0.4, 0.5) is 4.39 Å². The predicted molar refractivity (Wildman–Crippen MR) is 129 cm³/mol. The molecule has 2 atom stereocenters. The summed E-state index contributed by atoms with van der Waals surface area (Å²) in [5.74, 6) is 0.0301. The van der Waals surface area contributed by atoms with Crippen molar-refractivity contribution >= 4 is 34.5 Å². The number of fused-ring (bicyclic) bond motifs is 1. The average molecular weight is 487 g/mol. The molecule has 33 heavy (non-hydrogen) atoms. The Kier molecular flexibility index (Phi) is 7.45. The summed E-state index contributed by atoms with van der Waals surface area (Å²) in [5, 5.41) is 3.91. The van der Waals surface area contributed by atoms with E-state index in [2.05, 4.69) is 0 Å². The third kappa shape index (κ3) is 5.28. The van der Waals surface area contributed by atoms with E-state index in [4.69, 9.17) is 4.74 Å². The molecular formula is C25H27FN2O3S2. The van der Waals surface area contributed by atoms with Crippen LogP contribution in [0, 0.1) is 5.82 Å².